The van der Waals surface area contributed by atoms with Gasteiger partial charge >= 0.3 is 0 Å². The third-order valence-electron chi connectivity index (χ3n) is 3.95. The van der Waals surface area contributed by atoms with Crippen molar-refractivity contribution in [3.8, 4) is 0 Å². The van der Waals surface area contributed by atoms with Crippen LogP contribution in [0.25, 0.3) is 0 Å². The maximum absolute atomic E-state index is 5.86. The molecular weight excluding hydrogens is 218 g/mol. The fraction of sp³-hybridized carbons (Fsp3) is 0.818. The molecule has 0 saturated carbocycles. The van der Waals surface area contributed by atoms with Crippen LogP contribution in [0.2, 0.25) is 0 Å². The summed E-state index contributed by atoms with van der Waals surface area (Å²) in [6.07, 6.45) is 2.19. The Morgan fingerprint density at radius 2 is 2.12 bits per heavy atom. The van der Waals surface area contributed by atoms with E-state index in [2.05, 4.69) is 36.5 Å². The summed E-state index contributed by atoms with van der Waals surface area (Å²) in [5.74, 6) is 6.48. The largest absolute Gasteiger partial charge is 0.375 e. The number of nitrogens with zero attached hydrogens (tertiary/aromatic N) is 3. The van der Waals surface area contributed by atoms with Crippen LogP contribution in [0.5, 0.6) is 0 Å². The topological polar surface area (TPSA) is 78.0 Å². The lowest BCUT2D eigenvalue weighted by molar-refractivity contribution is 0.0471. The van der Waals surface area contributed by atoms with Crippen molar-refractivity contribution in [3.05, 3.63) is 11.9 Å². The molecule has 0 aromatic carbocycles. The van der Waals surface area contributed by atoms with Gasteiger partial charge in [0.2, 0.25) is 0 Å². The molecule has 1 saturated heterocycles. The van der Waals surface area contributed by atoms with Crippen LogP contribution in [0.15, 0.2) is 6.20 Å². The van der Waals surface area contributed by atoms with E-state index in [1.165, 1.54) is 0 Å². The third kappa shape index (κ3) is 2.08. The van der Waals surface area contributed by atoms with E-state index in [-0.39, 0.29) is 18.2 Å². The Balaban J connectivity index is 2.27. The van der Waals surface area contributed by atoms with Crippen LogP contribution < -0.4 is 11.3 Å². The molecule has 2 rings (SSSR count). The van der Waals surface area contributed by atoms with Crippen molar-refractivity contribution in [2.45, 2.75) is 39.0 Å². The van der Waals surface area contributed by atoms with Crippen molar-refractivity contribution in [1.82, 2.24) is 20.4 Å². The lowest BCUT2D eigenvalue weighted by Gasteiger charge is -2.27. The van der Waals surface area contributed by atoms with E-state index in [1.54, 1.807) is 10.9 Å². The molecule has 1 fully saturated rings. The van der Waals surface area contributed by atoms with Crippen LogP contribution in [0, 0.1) is 11.8 Å². The quantitative estimate of drug-likeness (QED) is 0.589. The Bertz CT molecular complexity index is 380. The van der Waals surface area contributed by atoms with Crippen molar-refractivity contribution in [3.63, 3.8) is 0 Å². The van der Waals surface area contributed by atoms with Gasteiger partial charge in [0.05, 0.1) is 30.1 Å². The number of ether oxygens (including phenoxy) is 1. The van der Waals surface area contributed by atoms with Gasteiger partial charge in [-0.1, -0.05) is 12.1 Å². The minimum absolute atomic E-state index is 0.0185. The average molecular weight is 239 g/mol. The maximum atomic E-state index is 5.86. The van der Waals surface area contributed by atoms with Gasteiger partial charge in [-0.15, -0.1) is 5.10 Å². The summed E-state index contributed by atoms with van der Waals surface area (Å²) in [6, 6.07) is 0.0185. The number of hydrazine groups is 1. The summed E-state index contributed by atoms with van der Waals surface area (Å²) in [7, 11) is 1.88. The molecule has 6 heteroatoms. The van der Waals surface area contributed by atoms with E-state index in [4.69, 9.17) is 10.6 Å². The van der Waals surface area contributed by atoms with Crippen LogP contribution in [0.3, 0.4) is 0 Å². The lowest BCUT2D eigenvalue weighted by atomic mass is 9.82. The van der Waals surface area contributed by atoms with Crippen LogP contribution in [-0.4, -0.2) is 27.2 Å². The smallest absolute Gasteiger partial charge is 0.0770 e. The predicted molar refractivity (Wildman–Crippen MR) is 63.7 cm³/mol. The van der Waals surface area contributed by atoms with E-state index in [9.17, 15) is 0 Å². The minimum Gasteiger partial charge on any atom is -0.375 e. The first-order valence-corrected chi connectivity index (χ1v) is 6.02. The van der Waals surface area contributed by atoms with E-state index in [0.29, 0.717) is 11.8 Å². The summed E-state index contributed by atoms with van der Waals surface area (Å²) in [5.41, 5.74) is 3.88. The highest BCUT2D eigenvalue weighted by atomic mass is 16.5. The summed E-state index contributed by atoms with van der Waals surface area (Å²) in [6.45, 7) is 6.40. The first-order valence-electron chi connectivity index (χ1n) is 6.02. The number of nitrogens with two attached hydrogens (primary N) is 1. The fourth-order valence-electron chi connectivity index (χ4n) is 2.84. The normalized spacial score (nSPS) is 35.1. The van der Waals surface area contributed by atoms with Gasteiger partial charge in [0.15, 0.2) is 0 Å². The Hall–Kier alpha value is -0.980. The Morgan fingerprint density at radius 3 is 2.53 bits per heavy atom. The summed E-state index contributed by atoms with van der Waals surface area (Å²) in [4.78, 5) is 0. The first kappa shape index (κ1) is 12.5. The van der Waals surface area contributed by atoms with Gasteiger partial charge in [-0.05, 0) is 19.8 Å². The Labute approximate surface area is 101 Å². The van der Waals surface area contributed by atoms with E-state index < -0.39 is 0 Å². The van der Waals surface area contributed by atoms with Crippen molar-refractivity contribution in [2.75, 3.05) is 0 Å². The van der Waals surface area contributed by atoms with Gasteiger partial charge in [0.25, 0.3) is 0 Å². The average Bonchev–Trinajstić information content (AvgIpc) is 2.79. The molecule has 0 radical (unpaired) electrons. The SMILES string of the molecule is CC1OC(C)C(C(NN)c2cnnn2C)C1C. The number of aryl methyl sites for hydroxylation is 1. The molecule has 3 N–H and O–H groups in total. The predicted octanol–water partition coefficient (Wildman–Crippen LogP) is 0.379. The Kier molecular flexibility index (Phi) is 3.46. The molecule has 1 aliphatic rings. The number of aromatic nitrogens is 3. The monoisotopic (exact) mass is 239 g/mol. The highest BCUT2D eigenvalue weighted by molar-refractivity contribution is 5.07. The van der Waals surface area contributed by atoms with Crippen molar-refractivity contribution in [1.29, 1.82) is 0 Å². The molecular formula is C11H21N5O. The molecule has 2 heterocycles. The van der Waals surface area contributed by atoms with Gasteiger partial charge in [-0.2, -0.15) is 0 Å². The number of nitrogens with one attached hydrogen (secondary N) is 1. The van der Waals surface area contributed by atoms with Gasteiger partial charge < -0.3 is 4.74 Å². The molecule has 1 aliphatic heterocycles. The summed E-state index contributed by atoms with van der Waals surface area (Å²) < 4.78 is 7.62. The molecule has 0 bridgehead atoms. The highest BCUT2D eigenvalue weighted by Gasteiger charge is 2.42. The molecule has 17 heavy (non-hydrogen) atoms. The van der Waals surface area contributed by atoms with Crippen LogP contribution in [0.4, 0.5) is 0 Å². The molecule has 0 amide bonds. The van der Waals surface area contributed by atoms with Gasteiger partial charge in [0.1, 0.15) is 0 Å². The van der Waals surface area contributed by atoms with E-state index in [0.717, 1.165) is 5.69 Å². The van der Waals surface area contributed by atoms with Gasteiger partial charge in [0, 0.05) is 13.0 Å². The number of hydrogen-bond acceptors (Lipinski definition) is 5. The van der Waals surface area contributed by atoms with Crippen molar-refractivity contribution < 1.29 is 4.74 Å². The second kappa shape index (κ2) is 4.72. The second-order valence-corrected chi connectivity index (χ2v) is 4.91. The lowest BCUT2D eigenvalue weighted by Crippen LogP contribution is -2.39. The molecule has 1 aromatic rings. The minimum atomic E-state index is 0.0185. The maximum Gasteiger partial charge on any atom is 0.0770 e. The van der Waals surface area contributed by atoms with Crippen LogP contribution in [0.1, 0.15) is 32.5 Å². The fourth-order valence-corrected chi connectivity index (χ4v) is 2.84. The highest BCUT2D eigenvalue weighted by Crippen LogP contribution is 2.39. The van der Waals surface area contributed by atoms with Gasteiger partial charge in [-0.25, -0.2) is 0 Å². The molecule has 5 atom stereocenters. The molecule has 96 valence electrons. The van der Waals surface area contributed by atoms with Crippen molar-refractivity contribution >= 4 is 0 Å². The third-order valence-corrected chi connectivity index (χ3v) is 3.95. The Morgan fingerprint density at radius 1 is 1.41 bits per heavy atom. The molecule has 5 unspecified atom stereocenters. The first-order chi connectivity index (χ1) is 8.06. The molecule has 1 aromatic heterocycles. The van der Waals surface area contributed by atoms with E-state index >= 15 is 0 Å². The van der Waals surface area contributed by atoms with Crippen molar-refractivity contribution in [2.24, 2.45) is 24.7 Å². The van der Waals surface area contributed by atoms with Gasteiger partial charge in [-0.3, -0.25) is 16.0 Å². The van der Waals surface area contributed by atoms with Crippen LogP contribution >= 0.6 is 0 Å². The standard InChI is InChI=1S/C11H21N5O/c1-6-7(2)17-8(3)10(6)11(14-12)9-5-13-15-16(9)4/h5-8,10-11,14H,12H2,1-4H3. The van der Waals surface area contributed by atoms with E-state index in [1.807, 2.05) is 7.05 Å². The summed E-state index contributed by atoms with van der Waals surface area (Å²) >= 11 is 0. The molecule has 0 aliphatic carbocycles. The number of hydrogen-bond donors (Lipinski definition) is 2. The summed E-state index contributed by atoms with van der Waals surface area (Å²) in [5, 5.41) is 7.86. The molecule has 0 spiro atoms. The zero-order valence-corrected chi connectivity index (χ0v) is 10.8. The zero-order chi connectivity index (χ0) is 12.6. The van der Waals surface area contributed by atoms with Crippen LogP contribution in [-0.2, 0) is 11.8 Å². The second-order valence-electron chi connectivity index (χ2n) is 4.91. The zero-order valence-electron chi connectivity index (χ0n) is 10.8. The number of rotatable bonds is 3. The molecule has 6 nitrogen and oxygen atoms in total.